The van der Waals surface area contributed by atoms with Crippen molar-refractivity contribution in [2.75, 3.05) is 31.9 Å². The van der Waals surface area contributed by atoms with E-state index in [0.717, 1.165) is 32.5 Å². The normalized spacial score (nSPS) is 20.2. The van der Waals surface area contributed by atoms with E-state index < -0.39 is 5.51 Å². The Hall–Kier alpha value is 0.0600. The van der Waals surface area contributed by atoms with Crippen molar-refractivity contribution in [3.63, 3.8) is 0 Å². The van der Waals surface area contributed by atoms with Gasteiger partial charge in [0.15, 0.2) is 0 Å². The van der Waals surface area contributed by atoms with Gasteiger partial charge in [0.2, 0.25) is 0 Å². The van der Waals surface area contributed by atoms with E-state index in [1.807, 2.05) is 0 Å². The largest absolute Gasteiger partial charge is 0.441 e. The number of hydrogen-bond acceptors (Lipinski definition) is 3. The maximum Gasteiger partial charge on any atom is 0.441 e. The highest BCUT2D eigenvalue weighted by Crippen LogP contribution is 2.29. The summed E-state index contributed by atoms with van der Waals surface area (Å²) in [6.07, 6.45) is 2.09. The Morgan fingerprint density at radius 1 is 1.31 bits per heavy atom. The number of likely N-dealkylation sites (tertiary alicyclic amines) is 1. The Morgan fingerprint density at radius 3 is 2.44 bits per heavy atom. The lowest BCUT2D eigenvalue weighted by atomic mass is 10.1. The summed E-state index contributed by atoms with van der Waals surface area (Å²) in [6, 6.07) is 0.400. The first-order valence-electron chi connectivity index (χ1n) is 5.67. The van der Waals surface area contributed by atoms with E-state index in [-0.39, 0.29) is 17.5 Å². The lowest BCUT2D eigenvalue weighted by Crippen LogP contribution is -2.43. The molecule has 0 amide bonds. The van der Waals surface area contributed by atoms with E-state index in [1.165, 1.54) is 0 Å². The highest BCUT2D eigenvalue weighted by molar-refractivity contribution is 8.00. The Bertz CT molecular complexity index is 191. The van der Waals surface area contributed by atoms with E-state index in [0.29, 0.717) is 12.6 Å². The molecule has 2 nitrogen and oxygen atoms in total. The van der Waals surface area contributed by atoms with Crippen LogP contribution in [0.15, 0.2) is 0 Å². The molecular weight excluding hydrogens is 237 g/mol. The zero-order valence-corrected chi connectivity index (χ0v) is 10.3. The van der Waals surface area contributed by atoms with Gasteiger partial charge >= 0.3 is 5.51 Å². The Labute approximate surface area is 98.9 Å². The van der Waals surface area contributed by atoms with Crippen molar-refractivity contribution < 1.29 is 13.2 Å². The molecule has 0 bridgehead atoms. The van der Waals surface area contributed by atoms with Gasteiger partial charge in [0.05, 0.1) is 0 Å². The van der Waals surface area contributed by atoms with Crippen LogP contribution in [0.4, 0.5) is 13.2 Å². The minimum absolute atomic E-state index is 0.0543. The van der Waals surface area contributed by atoms with E-state index in [9.17, 15) is 13.2 Å². The average Bonchev–Trinajstić information content (AvgIpc) is 2.24. The summed E-state index contributed by atoms with van der Waals surface area (Å²) in [6.45, 7) is 5.76. The van der Waals surface area contributed by atoms with Gasteiger partial charge in [-0.2, -0.15) is 13.2 Å². The molecule has 0 unspecified atom stereocenters. The molecule has 0 atom stereocenters. The summed E-state index contributed by atoms with van der Waals surface area (Å²) in [5.41, 5.74) is -4.09. The molecule has 0 spiro atoms. The van der Waals surface area contributed by atoms with E-state index in [2.05, 4.69) is 17.1 Å². The van der Waals surface area contributed by atoms with Crippen LogP contribution < -0.4 is 5.32 Å². The molecule has 0 aliphatic carbocycles. The summed E-state index contributed by atoms with van der Waals surface area (Å²) < 4.78 is 35.5. The molecule has 0 aromatic rings. The molecule has 0 aromatic carbocycles. The second-order valence-electron chi connectivity index (χ2n) is 3.96. The van der Waals surface area contributed by atoms with Crippen LogP contribution in [0.5, 0.6) is 0 Å². The predicted molar refractivity (Wildman–Crippen MR) is 61.7 cm³/mol. The number of rotatable bonds is 5. The average molecular weight is 256 g/mol. The van der Waals surface area contributed by atoms with Crippen LogP contribution in [-0.2, 0) is 0 Å². The third kappa shape index (κ3) is 5.96. The molecule has 1 aliphatic rings. The van der Waals surface area contributed by atoms with Crippen molar-refractivity contribution in [2.45, 2.75) is 31.3 Å². The molecule has 1 N–H and O–H groups in total. The van der Waals surface area contributed by atoms with Gasteiger partial charge in [0.1, 0.15) is 0 Å². The van der Waals surface area contributed by atoms with Crippen molar-refractivity contribution in [1.29, 1.82) is 0 Å². The molecule has 1 heterocycles. The van der Waals surface area contributed by atoms with Gasteiger partial charge in [-0.25, -0.2) is 0 Å². The van der Waals surface area contributed by atoms with E-state index >= 15 is 0 Å². The molecule has 0 aromatic heterocycles. The minimum Gasteiger partial charge on any atom is -0.313 e. The number of hydrogen-bond donors (Lipinski definition) is 1. The van der Waals surface area contributed by atoms with Crippen molar-refractivity contribution in [2.24, 2.45) is 0 Å². The second kappa shape index (κ2) is 6.71. The zero-order chi connectivity index (χ0) is 12.0. The van der Waals surface area contributed by atoms with Gasteiger partial charge in [-0.05, 0) is 44.2 Å². The molecule has 1 rings (SSSR count). The Kier molecular flexibility index (Phi) is 5.92. The Balaban J connectivity index is 2.02. The lowest BCUT2D eigenvalue weighted by molar-refractivity contribution is -0.0327. The van der Waals surface area contributed by atoms with Gasteiger partial charge < -0.3 is 10.2 Å². The van der Waals surface area contributed by atoms with E-state index in [1.54, 1.807) is 0 Å². The number of thioether (sulfide) groups is 1. The molecule has 1 fully saturated rings. The smallest absolute Gasteiger partial charge is 0.313 e. The molecular formula is C10H19F3N2S. The van der Waals surface area contributed by atoms with Crippen LogP contribution in [-0.4, -0.2) is 48.4 Å². The highest BCUT2D eigenvalue weighted by Gasteiger charge is 2.27. The molecule has 96 valence electrons. The molecule has 0 saturated carbocycles. The SMILES string of the molecule is CCN1CCC(NCCSC(F)(F)F)CC1. The van der Waals surface area contributed by atoms with Crippen molar-refractivity contribution in [1.82, 2.24) is 10.2 Å². The third-order valence-corrected chi connectivity index (χ3v) is 3.57. The summed E-state index contributed by atoms with van der Waals surface area (Å²) in [4.78, 5) is 2.36. The van der Waals surface area contributed by atoms with Crippen LogP contribution in [0, 0.1) is 0 Å². The summed E-state index contributed by atoms with van der Waals surface area (Å²) in [7, 11) is 0. The molecule has 0 radical (unpaired) electrons. The summed E-state index contributed by atoms with van der Waals surface area (Å²) in [5.74, 6) is 0.109. The maximum atomic E-state index is 11.8. The van der Waals surface area contributed by atoms with Gasteiger partial charge in [-0.3, -0.25) is 0 Å². The summed E-state index contributed by atoms with van der Waals surface area (Å²) >= 11 is 0.0543. The topological polar surface area (TPSA) is 15.3 Å². The van der Waals surface area contributed by atoms with Crippen LogP contribution in [0.3, 0.4) is 0 Å². The fourth-order valence-electron chi connectivity index (χ4n) is 1.88. The van der Waals surface area contributed by atoms with Crippen molar-refractivity contribution in [3.8, 4) is 0 Å². The van der Waals surface area contributed by atoms with Gasteiger partial charge in [0.25, 0.3) is 0 Å². The quantitative estimate of drug-likeness (QED) is 0.760. The molecule has 6 heteroatoms. The maximum absolute atomic E-state index is 11.8. The summed E-state index contributed by atoms with van der Waals surface area (Å²) in [5, 5.41) is 3.19. The first kappa shape index (κ1) is 14.1. The monoisotopic (exact) mass is 256 g/mol. The zero-order valence-electron chi connectivity index (χ0n) is 9.52. The first-order valence-corrected chi connectivity index (χ1v) is 6.66. The number of alkyl halides is 3. The minimum atomic E-state index is -4.09. The predicted octanol–water partition coefficient (Wildman–Crippen LogP) is 2.31. The molecule has 1 saturated heterocycles. The van der Waals surface area contributed by atoms with E-state index in [4.69, 9.17) is 0 Å². The number of nitrogens with zero attached hydrogens (tertiary/aromatic N) is 1. The van der Waals surface area contributed by atoms with Crippen molar-refractivity contribution >= 4 is 11.8 Å². The molecule has 1 aliphatic heterocycles. The number of halogens is 3. The van der Waals surface area contributed by atoms with Crippen LogP contribution >= 0.6 is 11.8 Å². The first-order chi connectivity index (χ1) is 7.51. The van der Waals surface area contributed by atoms with Crippen LogP contribution in [0.25, 0.3) is 0 Å². The second-order valence-corrected chi connectivity index (χ2v) is 5.12. The lowest BCUT2D eigenvalue weighted by Gasteiger charge is -2.31. The number of piperidine rings is 1. The van der Waals surface area contributed by atoms with Gasteiger partial charge in [0, 0.05) is 18.3 Å². The fraction of sp³-hybridized carbons (Fsp3) is 1.00. The van der Waals surface area contributed by atoms with Crippen LogP contribution in [0.1, 0.15) is 19.8 Å². The Morgan fingerprint density at radius 2 is 1.94 bits per heavy atom. The molecule has 16 heavy (non-hydrogen) atoms. The fourth-order valence-corrected chi connectivity index (χ4v) is 2.33. The van der Waals surface area contributed by atoms with Crippen LogP contribution in [0.2, 0.25) is 0 Å². The number of nitrogens with one attached hydrogen (secondary N) is 1. The highest BCUT2D eigenvalue weighted by atomic mass is 32.2. The van der Waals surface area contributed by atoms with Gasteiger partial charge in [-0.1, -0.05) is 6.92 Å². The standard InChI is InChI=1S/C10H19F3N2S/c1-2-15-6-3-9(4-7-15)14-5-8-16-10(11,12)13/h9,14H,2-8H2,1H3. The van der Waals surface area contributed by atoms with Gasteiger partial charge in [-0.15, -0.1) is 0 Å². The third-order valence-electron chi connectivity index (χ3n) is 2.84. The van der Waals surface area contributed by atoms with Crippen molar-refractivity contribution in [3.05, 3.63) is 0 Å².